The van der Waals surface area contributed by atoms with Crippen molar-refractivity contribution in [2.24, 2.45) is 22.6 Å². The van der Waals surface area contributed by atoms with E-state index in [1.165, 1.54) is 12.3 Å². The van der Waals surface area contributed by atoms with E-state index in [1.54, 1.807) is 0 Å². The number of hydrazone groups is 1. The molecule has 1 aromatic carbocycles. The van der Waals surface area contributed by atoms with Gasteiger partial charge in [-0.25, -0.2) is 4.39 Å². The maximum absolute atomic E-state index is 14.9. The number of benzene rings is 1. The quantitative estimate of drug-likeness (QED) is 0.231. The molecule has 0 radical (unpaired) electrons. The van der Waals surface area contributed by atoms with Crippen LogP contribution in [0, 0.1) is 11.7 Å². The molecule has 0 saturated carbocycles. The predicted molar refractivity (Wildman–Crippen MR) is 117 cm³/mol. The molecule has 4 N–H and O–H groups in total. The van der Waals surface area contributed by atoms with Gasteiger partial charge in [0.1, 0.15) is 5.82 Å². The number of hydrogen-bond donors (Lipinski definition) is 2. The first-order valence-corrected chi connectivity index (χ1v) is 10.4. The Morgan fingerprint density at radius 2 is 1.84 bits per heavy atom. The standard InChI is InChI=1S/C22H28F4N6/c1-14(2)9-15-10-18(23)20(21(27)30-28)19(11-15)32-7-5-31(6-8-32)13-17-12-16(3-4-29-17)22(24,25)26/h3-4,10-12,14H,5-9,13,28H2,1-2H3,(H2,27,30). The van der Waals surface area contributed by atoms with Crippen LogP contribution >= 0.6 is 0 Å². The number of rotatable bonds is 6. The molecule has 2 aromatic rings. The average Bonchev–Trinajstić information content (AvgIpc) is 2.72. The van der Waals surface area contributed by atoms with E-state index < -0.39 is 17.6 Å². The SMILES string of the molecule is CC(C)Cc1cc(F)c(/C(N)=N/N)c(N2CCN(Cc3cc(C(F)(F)F)ccn3)CC2)c1. The van der Waals surface area contributed by atoms with Gasteiger partial charge in [-0.3, -0.25) is 9.88 Å². The van der Waals surface area contributed by atoms with Crippen LogP contribution in [-0.2, 0) is 19.1 Å². The zero-order valence-electron chi connectivity index (χ0n) is 18.2. The largest absolute Gasteiger partial charge is 0.416 e. The highest BCUT2D eigenvalue weighted by Crippen LogP contribution is 2.30. The zero-order valence-corrected chi connectivity index (χ0v) is 18.2. The number of halogens is 4. The number of hydrogen-bond acceptors (Lipinski definition) is 5. The lowest BCUT2D eigenvalue weighted by atomic mass is 9.98. The van der Waals surface area contributed by atoms with E-state index in [2.05, 4.69) is 23.9 Å². The Bertz CT molecular complexity index is 965. The molecule has 1 fully saturated rings. The van der Waals surface area contributed by atoms with Crippen LogP contribution in [0.2, 0.25) is 0 Å². The smallest absolute Gasteiger partial charge is 0.382 e. The summed E-state index contributed by atoms with van der Waals surface area (Å²) in [7, 11) is 0. The Kier molecular flexibility index (Phi) is 7.22. The third kappa shape index (κ3) is 5.67. The van der Waals surface area contributed by atoms with Gasteiger partial charge in [-0.15, -0.1) is 0 Å². The number of anilines is 1. The highest BCUT2D eigenvalue weighted by molar-refractivity contribution is 6.02. The second-order valence-electron chi connectivity index (χ2n) is 8.38. The third-order valence-corrected chi connectivity index (χ3v) is 5.41. The summed E-state index contributed by atoms with van der Waals surface area (Å²) in [5.41, 5.74) is 7.19. The van der Waals surface area contributed by atoms with Gasteiger partial charge in [-0.1, -0.05) is 13.8 Å². The van der Waals surface area contributed by atoms with Gasteiger partial charge in [0.25, 0.3) is 0 Å². The van der Waals surface area contributed by atoms with Crippen molar-refractivity contribution in [2.45, 2.75) is 33.0 Å². The number of nitrogens with two attached hydrogens (primary N) is 2. The van der Waals surface area contributed by atoms with Crippen molar-refractivity contribution in [1.82, 2.24) is 9.88 Å². The fourth-order valence-corrected chi connectivity index (χ4v) is 3.92. The van der Waals surface area contributed by atoms with Gasteiger partial charge in [-0.2, -0.15) is 18.3 Å². The highest BCUT2D eigenvalue weighted by atomic mass is 19.4. The molecule has 1 aromatic heterocycles. The maximum Gasteiger partial charge on any atom is 0.416 e. The average molecular weight is 453 g/mol. The summed E-state index contributed by atoms with van der Waals surface area (Å²) in [6, 6.07) is 5.42. The number of piperazine rings is 1. The van der Waals surface area contributed by atoms with E-state index >= 15 is 0 Å². The molecule has 1 saturated heterocycles. The highest BCUT2D eigenvalue weighted by Gasteiger charge is 2.31. The Balaban J connectivity index is 1.76. The molecule has 6 nitrogen and oxygen atoms in total. The molecule has 0 amide bonds. The molecule has 0 spiro atoms. The maximum atomic E-state index is 14.9. The zero-order chi connectivity index (χ0) is 23.5. The van der Waals surface area contributed by atoms with Crippen LogP contribution in [0.4, 0.5) is 23.2 Å². The molecule has 0 bridgehead atoms. The Hall–Kier alpha value is -2.88. The van der Waals surface area contributed by atoms with E-state index in [4.69, 9.17) is 11.6 Å². The van der Waals surface area contributed by atoms with Gasteiger partial charge >= 0.3 is 6.18 Å². The molecule has 3 rings (SSSR count). The number of nitrogens with zero attached hydrogens (tertiary/aromatic N) is 4. The van der Waals surface area contributed by atoms with Crippen molar-refractivity contribution in [3.63, 3.8) is 0 Å². The summed E-state index contributed by atoms with van der Waals surface area (Å²) in [5, 5.41) is 3.48. The molecular formula is C22H28F4N6. The van der Waals surface area contributed by atoms with Crippen molar-refractivity contribution in [3.05, 3.63) is 58.7 Å². The number of aromatic nitrogens is 1. The van der Waals surface area contributed by atoms with Crippen molar-refractivity contribution in [2.75, 3.05) is 31.1 Å². The van der Waals surface area contributed by atoms with Crippen LogP contribution in [0.1, 0.15) is 36.2 Å². The molecular weight excluding hydrogens is 424 g/mol. The van der Waals surface area contributed by atoms with Crippen LogP contribution in [0.5, 0.6) is 0 Å². The normalized spacial score (nSPS) is 16.1. The van der Waals surface area contributed by atoms with Gasteiger partial charge < -0.3 is 16.5 Å². The van der Waals surface area contributed by atoms with Crippen LogP contribution in [0.3, 0.4) is 0 Å². The number of alkyl halides is 3. The van der Waals surface area contributed by atoms with Gasteiger partial charge in [0, 0.05) is 38.9 Å². The summed E-state index contributed by atoms with van der Waals surface area (Å²) in [6.07, 6.45) is -2.51. The lowest BCUT2D eigenvalue weighted by Gasteiger charge is -2.37. The van der Waals surface area contributed by atoms with Gasteiger partial charge in [0.05, 0.1) is 22.5 Å². The van der Waals surface area contributed by atoms with E-state index in [9.17, 15) is 17.6 Å². The van der Waals surface area contributed by atoms with E-state index in [0.717, 1.165) is 17.7 Å². The summed E-state index contributed by atoms with van der Waals surface area (Å²) < 4.78 is 53.8. The first-order chi connectivity index (χ1) is 15.1. The Morgan fingerprint density at radius 3 is 2.44 bits per heavy atom. The molecule has 10 heteroatoms. The number of amidine groups is 1. The van der Waals surface area contributed by atoms with Gasteiger partial charge in [0.15, 0.2) is 5.84 Å². The monoisotopic (exact) mass is 452 g/mol. The fraction of sp³-hybridized carbons (Fsp3) is 0.455. The summed E-state index contributed by atoms with van der Waals surface area (Å²) in [6.45, 7) is 6.67. The minimum Gasteiger partial charge on any atom is -0.382 e. The van der Waals surface area contributed by atoms with Crippen LogP contribution in [0.15, 0.2) is 35.6 Å². The molecule has 1 aliphatic rings. The lowest BCUT2D eigenvalue weighted by Crippen LogP contribution is -2.46. The number of pyridine rings is 1. The minimum atomic E-state index is -4.40. The van der Waals surface area contributed by atoms with Crippen molar-refractivity contribution in [1.29, 1.82) is 0 Å². The minimum absolute atomic E-state index is 0.0795. The Morgan fingerprint density at radius 1 is 1.16 bits per heavy atom. The van der Waals surface area contributed by atoms with E-state index in [1.807, 2.05) is 15.9 Å². The second-order valence-corrected chi connectivity index (χ2v) is 8.38. The van der Waals surface area contributed by atoms with Crippen LogP contribution < -0.4 is 16.5 Å². The molecule has 0 atom stereocenters. The van der Waals surface area contributed by atoms with Crippen LogP contribution in [0.25, 0.3) is 0 Å². The third-order valence-electron chi connectivity index (χ3n) is 5.41. The van der Waals surface area contributed by atoms with Crippen LogP contribution in [-0.4, -0.2) is 41.9 Å². The van der Waals surface area contributed by atoms with Crippen molar-refractivity contribution < 1.29 is 17.6 Å². The summed E-state index contributed by atoms with van der Waals surface area (Å²) in [4.78, 5) is 8.10. The first-order valence-electron chi connectivity index (χ1n) is 10.4. The fourth-order valence-electron chi connectivity index (χ4n) is 3.92. The molecule has 0 aliphatic carbocycles. The molecule has 2 heterocycles. The topological polar surface area (TPSA) is 83.8 Å². The molecule has 32 heavy (non-hydrogen) atoms. The molecule has 0 unspecified atom stereocenters. The van der Waals surface area contributed by atoms with Crippen molar-refractivity contribution in [3.8, 4) is 0 Å². The second kappa shape index (κ2) is 9.72. The van der Waals surface area contributed by atoms with E-state index in [0.29, 0.717) is 56.4 Å². The lowest BCUT2D eigenvalue weighted by molar-refractivity contribution is -0.137. The van der Waals surface area contributed by atoms with Gasteiger partial charge in [0.2, 0.25) is 0 Å². The van der Waals surface area contributed by atoms with Crippen molar-refractivity contribution >= 4 is 11.5 Å². The summed E-state index contributed by atoms with van der Waals surface area (Å²) >= 11 is 0. The summed E-state index contributed by atoms with van der Waals surface area (Å²) in [5.74, 6) is 5.12. The predicted octanol–water partition coefficient (Wildman–Crippen LogP) is 3.34. The van der Waals surface area contributed by atoms with E-state index in [-0.39, 0.29) is 11.4 Å². The molecule has 174 valence electrons. The molecule has 1 aliphatic heterocycles. The Labute approximate surface area is 184 Å². The van der Waals surface area contributed by atoms with Gasteiger partial charge in [-0.05, 0) is 42.2 Å². The first kappa shape index (κ1) is 23.8.